The highest BCUT2D eigenvalue weighted by Crippen LogP contribution is 2.28. The van der Waals surface area contributed by atoms with Crippen LogP contribution in [-0.2, 0) is 10.0 Å². The molecule has 6 nitrogen and oxygen atoms in total. The molecule has 0 spiro atoms. The van der Waals surface area contributed by atoms with Crippen molar-refractivity contribution in [3.8, 4) is 5.75 Å². The number of carbonyl (C=O) groups is 1. The fourth-order valence-electron chi connectivity index (χ4n) is 2.65. The van der Waals surface area contributed by atoms with E-state index in [0.29, 0.717) is 27.7 Å². The third-order valence-electron chi connectivity index (χ3n) is 4.23. The van der Waals surface area contributed by atoms with Crippen molar-refractivity contribution in [2.24, 2.45) is 0 Å². The molecule has 0 fully saturated rings. The Morgan fingerprint density at radius 2 is 1.66 bits per heavy atom. The Balaban J connectivity index is 1.78. The molecule has 2 N–H and O–H groups in total. The number of sulfonamides is 1. The fraction of sp³-hybridized carbons (Fsp3) is 0.0952. The molecule has 1 amide bonds. The van der Waals surface area contributed by atoms with Gasteiger partial charge in [-0.1, -0.05) is 29.8 Å². The number of amides is 1. The van der Waals surface area contributed by atoms with Gasteiger partial charge in [0, 0.05) is 10.6 Å². The van der Waals surface area contributed by atoms with Gasteiger partial charge in [0.05, 0.1) is 23.4 Å². The number of anilines is 2. The molecule has 3 aromatic carbocycles. The Labute approximate surface area is 174 Å². The summed E-state index contributed by atoms with van der Waals surface area (Å²) in [6, 6.07) is 17.6. The number of hydrogen-bond acceptors (Lipinski definition) is 4. The normalized spacial score (nSPS) is 11.0. The molecule has 0 atom stereocenters. The summed E-state index contributed by atoms with van der Waals surface area (Å²) < 4.78 is 33.0. The van der Waals surface area contributed by atoms with E-state index in [4.69, 9.17) is 16.3 Å². The molecule has 8 heteroatoms. The molecule has 0 unspecified atom stereocenters. The molecule has 3 aromatic rings. The summed E-state index contributed by atoms with van der Waals surface area (Å²) in [7, 11) is -2.29. The second kappa shape index (κ2) is 8.55. The van der Waals surface area contributed by atoms with Crippen molar-refractivity contribution in [3.05, 3.63) is 82.9 Å². The first-order chi connectivity index (χ1) is 13.8. The van der Waals surface area contributed by atoms with Gasteiger partial charge in [0.15, 0.2) is 0 Å². The largest absolute Gasteiger partial charge is 0.495 e. The van der Waals surface area contributed by atoms with Gasteiger partial charge in [0.1, 0.15) is 5.75 Å². The van der Waals surface area contributed by atoms with Gasteiger partial charge in [0.2, 0.25) is 0 Å². The van der Waals surface area contributed by atoms with Gasteiger partial charge in [-0.3, -0.25) is 9.52 Å². The summed E-state index contributed by atoms with van der Waals surface area (Å²) in [5, 5.41) is 3.16. The predicted octanol–water partition coefficient (Wildman–Crippen LogP) is 4.71. The Morgan fingerprint density at radius 1 is 0.966 bits per heavy atom. The van der Waals surface area contributed by atoms with E-state index in [-0.39, 0.29) is 4.90 Å². The van der Waals surface area contributed by atoms with Gasteiger partial charge in [-0.2, -0.15) is 0 Å². The molecule has 3 rings (SSSR count). The number of halogens is 1. The first-order valence-corrected chi connectivity index (χ1v) is 10.5. The lowest BCUT2D eigenvalue weighted by atomic mass is 10.2. The zero-order valence-corrected chi connectivity index (χ0v) is 17.3. The van der Waals surface area contributed by atoms with E-state index in [1.807, 2.05) is 19.1 Å². The minimum Gasteiger partial charge on any atom is -0.495 e. The summed E-state index contributed by atoms with van der Waals surface area (Å²) in [6.45, 7) is 1.81. The van der Waals surface area contributed by atoms with Gasteiger partial charge in [-0.05, 0) is 61.0 Å². The standard InChI is InChI=1S/C21H19ClN2O4S/c1-14-5-3-4-6-18(14)24-29(26,27)17-10-7-15(8-11-17)21(25)23-19-13-16(22)9-12-20(19)28-2/h3-13,24H,1-2H3,(H,23,25). The third-order valence-corrected chi connectivity index (χ3v) is 5.84. The van der Waals surface area contributed by atoms with Crippen molar-refractivity contribution in [2.75, 3.05) is 17.1 Å². The van der Waals surface area contributed by atoms with E-state index in [1.54, 1.807) is 30.3 Å². The average molecular weight is 431 g/mol. The molecule has 0 aliphatic heterocycles. The third kappa shape index (κ3) is 4.88. The number of para-hydroxylation sites is 1. The van der Waals surface area contributed by atoms with Crippen molar-refractivity contribution in [2.45, 2.75) is 11.8 Å². The van der Waals surface area contributed by atoms with E-state index in [9.17, 15) is 13.2 Å². The fourth-order valence-corrected chi connectivity index (χ4v) is 3.95. The highest BCUT2D eigenvalue weighted by Gasteiger charge is 2.17. The highest BCUT2D eigenvalue weighted by molar-refractivity contribution is 7.92. The predicted molar refractivity (Wildman–Crippen MR) is 114 cm³/mol. The van der Waals surface area contributed by atoms with Crippen molar-refractivity contribution >= 4 is 38.9 Å². The average Bonchev–Trinajstić information content (AvgIpc) is 2.70. The lowest BCUT2D eigenvalue weighted by Crippen LogP contribution is -2.15. The van der Waals surface area contributed by atoms with Crippen molar-refractivity contribution < 1.29 is 17.9 Å². The van der Waals surface area contributed by atoms with Crippen LogP contribution in [0.5, 0.6) is 5.75 Å². The van der Waals surface area contributed by atoms with Crippen molar-refractivity contribution in [1.29, 1.82) is 0 Å². The lowest BCUT2D eigenvalue weighted by molar-refractivity contribution is 0.102. The van der Waals surface area contributed by atoms with E-state index in [2.05, 4.69) is 10.0 Å². The van der Waals surface area contributed by atoms with E-state index in [0.717, 1.165) is 5.56 Å². The van der Waals surface area contributed by atoms with E-state index < -0.39 is 15.9 Å². The first-order valence-electron chi connectivity index (χ1n) is 8.63. The van der Waals surface area contributed by atoms with Gasteiger partial charge in [0.25, 0.3) is 15.9 Å². The van der Waals surface area contributed by atoms with Crippen LogP contribution in [-0.4, -0.2) is 21.4 Å². The number of ether oxygens (including phenoxy) is 1. The SMILES string of the molecule is COc1ccc(Cl)cc1NC(=O)c1ccc(S(=O)(=O)Nc2ccccc2C)cc1. The minimum absolute atomic E-state index is 0.0534. The lowest BCUT2D eigenvalue weighted by Gasteiger charge is -2.12. The summed E-state index contributed by atoms with van der Waals surface area (Å²) in [5.41, 5.74) is 2.02. The second-order valence-corrected chi connectivity index (χ2v) is 8.36. The topological polar surface area (TPSA) is 84.5 Å². The smallest absolute Gasteiger partial charge is 0.261 e. The van der Waals surface area contributed by atoms with Crippen LogP contribution in [0.4, 0.5) is 11.4 Å². The molecular formula is C21H19ClN2O4S. The van der Waals surface area contributed by atoms with Gasteiger partial charge >= 0.3 is 0 Å². The maximum absolute atomic E-state index is 12.6. The maximum Gasteiger partial charge on any atom is 0.261 e. The van der Waals surface area contributed by atoms with Crippen molar-refractivity contribution in [1.82, 2.24) is 0 Å². The highest BCUT2D eigenvalue weighted by atomic mass is 35.5. The number of aryl methyl sites for hydroxylation is 1. The molecule has 0 radical (unpaired) electrons. The van der Waals surface area contributed by atoms with Crippen LogP contribution >= 0.6 is 11.6 Å². The number of methoxy groups -OCH3 is 1. The van der Waals surface area contributed by atoms with Crippen molar-refractivity contribution in [3.63, 3.8) is 0 Å². The Morgan fingerprint density at radius 3 is 2.31 bits per heavy atom. The van der Waals surface area contributed by atoms with Crippen LogP contribution < -0.4 is 14.8 Å². The molecule has 0 heterocycles. The zero-order valence-electron chi connectivity index (χ0n) is 15.8. The zero-order chi connectivity index (χ0) is 21.0. The van der Waals surface area contributed by atoms with Crippen LogP contribution in [0.15, 0.2) is 71.6 Å². The van der Waals surface area contributed by atoms with Gasteiger partial charge in [-0.15, -0.1) is 0 Å². The molecule has 0 aliphatic carbocycles. The Bertz CT molecular complexity index is 1150. The van der Waals surface area contributed by atoms with Crippen LogP contribution in [0.1, 0.15) is 15.9 Å². The van der Waals surface area contributed by atoms with E-state index >= 15 is 0 Å². The molecular weight excluding hydrogens is 412 g/mol. The quantitative estimate of drug-likeness (QED) is 0.593. The summed E-state index contributed by atoms with van der Waals surface area (Å²) in [4.78, 5) is 12.6. The number of rotatable bonds is 6. The number of carbonyl (C=O) groups excluding carboxylic acids is 1. The van der Waals surface area contributed by atoms with Gasteiger partial charge in [-0.25, -0.2) is 8.42 Å². The summed E-state index contributed by atoms with van der Waals surface area (Å²) in [5.74, 6) is 0.0470. The van der Waals surface area contributed by atoms with Crippen LogP contribution in [0.3, 0.4) is 0 Å². The number of benzene rings is 3. The molecule has 150 valence electrons. The second-order valence-electron chi connectivity index (χ2n) is 6.24. The number of nitrogens with one attached hydrogen (secondary N) is 2. The van der Waals surface area contributed by atoms with Crippen LogP contribution in [0.2, 0.25) is 5.02 Å². The van der Waals surface area contributed by atoms with Crippen LogP contribution in [0.25, 0.3) is 0 Å². The summed E-state index contributed by atoms with van der Waals surface area (Å²) >= 11 is 5.97. The Hall–Kier alpha value is -3.03. The molecule has 0 aliphatic rings. The van der Waals surface area contributed by atoms with Gasteiger partial charge < -0.3 is 10.1 Å². The van der Waals surface area contributed by atoms with E-state index in [1.165, 1.54) is 31.4 Å². The summed E-state index contributed by atoms with van der Waals surface area (Å²) in [6.07, 6.45) is 0. The number of hydrogen-bond donors (Lipinski definition) is 2. The maximum atomic E-state index is 12.6. The molecule has 0 saturated carbocycles. The Kier molecular flexibility index (Phi) is 6.10. The monoisotopic (exact) mass is 430 g/mol. The molecule has 0 saturated heterocycles. The molecule has 0 aromatic heterocycles. The molecule has 29 heavy (non-hydrogen) atoms. The molecule has 0 bridgehead atoms. The van der Waals surface area contributed by atoms with Crippen LogP contribution in [0, 0.1) is 6.92 Å². The first kappa shape index (κ1) is 20.7. The minimum atomic E-state index is -3.77.